The molecule has 0 nitrogen and oxygen atoms in total. The standard InChI is InChI=1S/C20H14/c1-2-12-11-17-13-3-5-16(6-4-13)20-18(12)14-7-9-15(10-8-14)19(17)20/h3-11H,2H2,1H3. The summed E-state index contributed by atoms with van der Waals surface area (Å²) in [7, 11) is 0. The van der Waals surface area contributed by atoms with Gasteiger partial charge in [0.25, 0.3) is 0 Å². The fourth-order valence-corrected chi connectivity index (χ4v) is 3.78. The van der Waals surface area contributed by atoms with Crippen LogP contribution >= 0.6 is 0 Å². The van der Waals surface area contributed by atoms with Crippen molar-refractivity contribution >= 4 is 0 Å². The molecule has 0 heteroatoms. The van der Waals surface area contributed by atoms with Crippen LogP contribution in [0.3, 0.4) is 0 Å². The van der Waals surface area contributed by atoms with Crippen LogP contribution in [0.1, 0.15) is 12.5 Å². The van der Waals surface area contributed by atoms with Gasteiger partial charge in [0, 0.05) is 0 Å². The summed E-state index contributed by atoms with van der Waals surface area (Å²) in [6.45, 7) is 2.26. The first kappa shape index (κ1) is 10.4. The average Bonchev–Trinajstić information content (AvgIpc) is 2.81. The third-order valence-corrected chi connectivity index (χ3v) is 4.74. The van der Waals surface area contributed by atoms with Gasteiger partial charge in [-0.15, -0.1) is 0 Å². The molecule has 0 unspecified atom stereocenters. The van der Waals surface area contributed by atoms with E-state index < -0.39 is 0 Å². The van der Waals surface area contributed by atoms with Gasteiger partial charge in [-0.1, -0.05) is 55.5 Å². The average molecular weight is 254 g/mol. The molecular formula is C20H14. The molecule has 0 saturated carbocycles. The molecule has 0 N–H and O–H groups in total. The summed E-state index contributed by atoms with van der Waals surface area (Å²) in [5.74, 6) is 0. The Morgan fingerprint density at radius 3 is 1.70 bits per heavy atom. The van der Waals surface area contributed by atoms with Gasteiger partial charge in [0.05, 0.1) is 0 Å². The smallest absolute Gasteiger partial charge is 0.00178 e. The maximum atomic E-state index is 2.41. The van der Waals surface area contributed by atoms with Crippen LogP contribution in [0.5, 0.6) is 0 Å². The van der Waals surface area contributed by atoms with Gasteiger partial charge in [-0.25, -0.2) is 0 Å². The number of rotatable bonds is 1. The van der Waals surface area contributed by atoms with Crippen molar-refractivity contribution in [1.82, 2.24) is 0 Å². The van der Waals surface area contributed by atoms with Gasteiger partial charge in [-0.2, -0.15) is 0 Å². The summed E-state index contributed by atoms with van der Waals surface area (Å²) in [6, 6.07) is 20.6. The van der Waals surface area contributed by atoms with Crippen molar-refractivity contribution in [1.29, 1.82) is 0 Å². The van der Waals surface area contributed by atoms with Crippen molar-refractivity contribution in [2.24, 2.45) is 0 Å². The molecule has 0 aliphatic heterocycles. The van der Waals surface area contributed by atoms with E-state index in [2.05, 4.69) is 61.5 Å². The van der Waals surface area contributed by atoms with Crippen molar-refractivity contribution in [2.75, 3.05) is 0 Å². The number of aryl methyl sites for hydroxylation is 1. The maximum Gasteiger partial charge on any atom is -0.00178 e. The second kappa shape index (κ2) is 3.40. The molecule has 0 spiro atoms. The lowest BCUT2D eigenvalue weighted by molar-refractivity contribution is 1.10. The molecule has 3 aromatic rings. The van der Waals surface area contributed by atoms with Gasteiger partial charge in [-0.05, 0) is 59.8 Å². The Morgan fingerprint density at radius 2 is 1.10 bits per heavy atom. The van der Waals surface area contributed by atoms with Crippen LogP contribution in [0.4, 0.5) is 0 Å². The van der Waals surface area contributed by atoms with E-state index >= 15 is 0 Å². The highest BCUT2D eigenvalue weighted by Crippen LogP contribution is 2.20. The molecule has 4 aliphatic rings. The first-order valence-electron chi connectivity index (χ1n) is 7.28. The lowest BCUT2D eigenvalue weighted by Gasteiger charge is -2.01. The van der Waals surface area contributed by atoms with E-state index in [1.807, 2.05) is 0 Å². The zero-order valence-electron chi connectivity index (χ0n) is 11.4. The van der Waals surface area contributed by atoms with Crippen molar-refractivity contribution in [3.63, 3.8) is 0 Å². The van der Waals surface area contributed by atoms with Crippen LogP contribution in [0.15, 0.2) is 54.6 Å². The summed E-state index contributed by atoms with van der Waals surface area (Å²) in [5.41, 5.74) is 1.47. The normalized spacial score (nSPS) is 12.4. The molecule has 4 aliphatic carbocycles. The fraction of sp³-hybridized carbons (Fsp3) is 0.100. The Morgan fingerprint density at radius 1 is 0.600 bits per heavy atom. The Balaban J connectivity index is 2.57. The van der Waals surface area contributed by atoms with Gasteiger partial charge in [0.15, 0.2) is 0 Å². The monoisotopic (exact) mass is 254 g/mol. The number of fused-ring (bicyclic) bond motifs is 4. The van der Waals surface area contributed by atoms with Crippen LogP contribution < -0.4 is 0 Å². The molecule has 8 bridgehead atoms. The zero-order chi connectivity index (χ0) is 13.3. The molecule has 94 valence electrons. The number of hydrogen-bond acceptors (Lipinski definition) is 0. The summed E-state index contributed by atoms with van der Waals surface area (Å²) in [6.07, 6.45) is 1.08. The molecule has 0 fully saturated rings. The molecule has 3 aromatic carbocycles. The van der Waals surface area contributed by atoms with Crippen molar-refractivity contribution in [3.8, 4) is 0 Å². The molecular weight excluding hydrogens is 240 g/mol. The molecule has 0 saturated heterocycles. The van der Waals surface area contributed by atoms with Gasteiger partial charge >= 0.3 is 0 Å². The number of hydrogen-bond donors (Lipinski definition) is 0. The summed E-state index contributed by atoms with van der Waals surface area (Å²) < 4.78 is 0. The fourth-order valence-electron chi connectivity index (χ4n) is 3.78. The minimum absolute atomic E-state index is 1.08. The number of benzene rings is 3. The van der Waals surface area contributed by atoms with Crippen LogP contribution in [-0.4, -0.2) is 0 Å². The van der Waals surface area contributed by atoms with Crippen LogP contribution in [0.25, 0.3) is 0 Å². The van der Waals surface area contributed by atoms with E-state index in [9.17, 15) is 0 Å². The SMILES string of the molecule is CCc1cc2c3c(c1=c1ccc=3cc1)=c1ccc=2cc1. The third kappa shape index (κ3) is 1.09. The van der Waals surface area contributed by atoms with E-state index in [-0.39, 0.29) is 0 Å². The Kier molecular flexibility index (Phi) is 1.78. The maximum absolute atomic E-state index is 2.41. The molecule has 0 atom stereocenters. The first-order valence-corrected chi connectivity index (χ1v) is 7.28. The predicted molar refractivity (Wildman–Crippen MR) is 79.4 cm³/mol. The molecule has 7 rings (SSSR count). The molecule has 0 aromatic heterocycles. The second-order valence-electron chi connectivity index (χ2n) is 5.72. The van der Waals surface area contributed by atoms with Crippen LogP contribution in [0.2, 0.25) is 0 Å². The summed E-state index contributed by atoms with van der Waals surface area (Å²) >= 11 is 0. The topological polar surface area (TPSA) is 0 Å². The quantitative estimate of drug-likeness (QED) is 0.424. The lowest BCUT2D eigenvalue weighted by Crippen LogP contribution is -1.90. The zero-order valence-corrected chi connectivity index (χ0v) is 11.4. The summed E-state index contributed by atoms with van der Waals surface area (Å²) in [5, 5.41) is 11.1. The predicted octanol–water partition coefficient (Wildman–Crippen LogP) is 4.02. The molecule has 0 heterocycles. The Labute approximate surface area is 116 Å². The van der Waals surface area contributed by atoms with E-state index in [1.165, 1.54) is 47.3 Å². The third-order valence-electron chi connectivity index (χ3n) is 4.74. The summed E-state index contributed by atoms with van der Waals surface area (Å²) in [4.78, 5) is 0. The van der Waals surface area contributed by atoms with Gasteiger partial charge in [-0.3, -0.25) is 0 Å². The second-order valence-corrected chi connectivity index (χ2v) is 5.72. The highest BCUT2D eigenvalue weighted by Gasteiger charge is 2.07. The molecule has 0 amide bonds. The van der Waals surface area contributed by atoms with Crippen molar-refractivity contribution < 1.29 is 0 Å². The largest absolute Gasteiger partial charge is 0.0613 e. The van der Waals surface area contributed by atoms with Gasteiger partial charge in [0.2, 0.25) is 0 Å². The Bertz CT molecular complexity index is 1220. The lowest BCUT2D eigenvalue weighted by atomic mass is 10.0. The molecule has 20 heavy (non-hydrogen) atoms. The van der Waals surface area contributed by atoms with E-state index in [0.29, 0.717) is 0 Å². The minimum atomic E-state index is 1.08. The van der Waals surface area contributed by atoms with Gasteiger partial charge < -0.3 is 0 Å². The van der Waals surface area contributed by atoms with E-state index in [0.717, 1.165) is 6.42 Å². The van der Waals surface area contributed by atoms with E-state index in [4.69, 9.17) is 0 Å². The van der Waals surface area contributed by atoms with Crippen LogP contribution in [-0.2, 0) is 6.42 Å². The van der Waals surface area contributed by atoms with E-state index in [1.54, 1.807) is 0 Å². The first-order chi connectivity index (χ1) is 9.86. The van der Waals surface area contributed by atoms with Crippen molar-refractivity contribution in [3.05, 3.63) is 102 Å². The highest BCUT2D eigenvalue weighted by molar-refractivity contribution is 5.37. The van der Waals surface area contributed by atoms with Gasteiger partial charge in [0.1, 0.15) is 0 Å². The highest BCUT2D eigenvalue weighted by atomic mass is 14.1. The van der Waals surface area contributed by atoms with Crippen LogP contribution in [0, 0.1) is 41.7 Å². The Hall–Kier alpha value is -2.34. The van der Waals surface area contributed by atoms with Crippen molar-refractivity contribution in [2.45, 2.75) is 13.3 Å². The minimum Gasteiger partial charge on any atom is -0.0613 e. The molecule has 0 radical (unpaired) electrons.